The second-order valence-corrected chi connectivity index (χ2v) is 9.26. The standard InChI is InChI=1S/C22H43NO4/c1-10-15(4)17(12-11-16(5)21(25)20(23)14(2)3)18(26-9)13-19(24)27-22(6,7)8/h14-18,20H,10-13,23H2,1-9H3. The molecule has 0 heterocycles. The van der Waals surface area contributed by atoms with Crippen LogP contribution in [-0.4, -0.2) is 36.6 Å². The summed E-state index contributed by atoms with van der Waals surface area (Å²) in [6, 6.07) is -0.415. The SMILES string of the molecule is CCC(C)C(CCC(C)C(=O)C(N)C(C)C)C(CC(=O)OC(C)(C)C)OC. The van der Waals surface area contributed by atoms with Crippen LogP contribution in [0.15, 0.2) is 0 Å². The lowest BCUT2D eigenvalue weighted by atomic mass is 9.79. The number of hydrogen-bond acceptors (Lipinski definition) is 5. The molecule has 0 saturated carbocycles. The first-order valence-electron chi connectivity index (χ1n) is 10.4. The highest BCUT2D eigenvalue weighted by atomic mass is 16.6. The molecule has 5 heteroatoms. The monoisotopic (exact) mass is 385 g/mol. The highest BCUT2D eigenvalue weighted by molar-refractivity contribution is 5.86. The topological polar surface area (TPSA) is 78.6 Å². The Bertz CT molecular complexity index is 456. The average molecular weight is 386 g/mol. The van der Waals surface area contributed by atoms with Crippen LogP contribution in [-0.2, 0) is 19.1 Å². The Morgan fingerprint density at radius 2 is 1.59 bits per heavy atom. The van der Waals surface area contributed by atoms with Crippen molar-refractivity contribution in [3.8, 4) is 0 Å². The van der Waals surface area contributed by atoms with Gasteiger partial charge in [-0.1, -0.05) is 41.0 Å². The summed E-state index contributed by atoms with van der Waals surface area (Å²) >= 11 is 0. The molecule has 0 spiro atoms. The molecule has 160 valence electrons. The number of methoxy groups -OCH3 is 1. The first-order valence-corrected chi connectivity index (χ1v) is 10.4. The van der Waals surface area contributed by atoms with E-state index in [9.17, 15) is 9.59 Å². The Hall–Kier alpha value is -0.940. The van der Waals surface area contributed by atoms with Gasteiger partial charge in [0, 0.05) is 13.0 Å². The molecule has 0 aliphatic carbocycles. The van der Waals surface area contributed by atoms with Crippen LogP contribution in [0.5, 0.6) is 0 Å². The van der Waals surface area contributed by atoms with Crippen molar-refractivity contribution in [2.24, 2.45) is 29.4 Å². The molecule has 27 heavy (non-hydrogen) atoms. The zero-order valence-corrected chi connectivity index (χ0v) is 19.0. The molecular formula is C22H43NO4. The summed E-state index contributed by atoms with van der Waals surface area (Å²) in [6.45, 7) is 15.8. The van der Waals surface area contributed by atoms with Crippen molar-refractivity contribution in [2.75, 3.05) is 7.11 Å². The van der Waals surface area contributed by atoms with Gasteiger partial charge in [-0.05, 0) is 51.4 Å². The molecule has 5 unspecified atom stereocenters. The highest BCUT2D eigenvalue weighted by Crippen LogP contribution is 2.30. The van der Waals surface area contributed by atoms with E-state index in [2.05, 4.69) is 13.8 Å². The van der Waals surface area contributed by atoms with Crippen molar-refractivity contribution >= 4 is 11.8 Å². The maximum absolute atomic E-state index is 12.5. The van der Waals surface area contributed by atoms with Crippen molar-refractivity contribution in [2.45, 2.75) is 98.8 Å². The van der Waals surface area contributed by atoms with Crippen LogP contribution in [0.25, 0.3) is 0 Å². The number of carbonyl (C=O) groups is 2. The molecule has 0 aromatic carbocycles. The highest BCUT2D eigenvalue weighted by Gasteiger charge is 2.31. The number of rotatable bonds is 12. The maximum Gasteiger partial charge on any atom is 0.308 e. The normalized spacial score (nSPS) is 17.9. The Kier molecular flexibility index (Phi) is 11.4. The van der Waals surface area contributed by atoms with Gasteiger partial charge in [-0.3, -0.25) is 9.59 Å². The fourth-order valence-electron chi connectivity index (χ4n) is 3.34. The molecule has 0 aromatic rings. The van der Waals surface area contributed by atoms with Gasteiger partial charge < -0.3 is 15.2 Å². The fourth-order valence-corrected chi connectivity index (χ4v) is 3.34. The first-order chi connectivity index (χ1) is 12.3. The minimum atomic E-state index is -0.505. The third-order valence-corrected chi connectivity index (χ3v) is 5.41. The fraction of sp³-hybridized carbons (Fsp3) is 0.909. The molecule has 2 N–H and O–H groups in total. The van der Waals surface area contributed by atoms with E-state index in [1.54, 1.807) is 7.11 Å². The maximum atomic E-state index is 12.5. The van der Waals surface area contributed by atoms with Crippen molar-refractivity contribution in [3.05, 3.63) is 0 Å². The molecule has 0 aliphatic rings. The van der Waals surface area contributed by atoms with Gasteiger partial charge in [-0.2, -0.15) is 0 Å². The summed E-state index contributed by atoms with van der Waals surface area (Å²) in [5.74, 6) is 0.510. The van der Waals surface area contributed by atoms with Gasteiger partial charge in [0.05, 0.1) is 18.6 Å². The van der Waals surface area contributed by atoms with Crippen molar-refractivity contribution in [3.63, 3.8) is 0 Å². The van der Waals surface area contributed by atoms with E-state index in [0.29, 0.717) is 5.92 Å². The summed E-state index contributed by atoms with van der Waals surface area (Å²) < 4.78 is 11.2. The number of nitrogens with two attached hydrogens (primary N) is 1. The predicted octanol–water partition coefficient (Wildman–Crippen LogP) is 4.36. The number of hydrogen-bond donors (Lipinski definition) is 1. The molecular weight excluding hydrogens is 342 g/mol. The van der Waals surface area contributed by atoms with E-state index in [-0.39, 0.29) is 42.0 Å². The van der Waals surface area contributed by atoms with E-state index in [0.717, 1.165) is 19.3 Å². The second-order valence-electron chi connectivity index (χ2n) is 9.26. The number of carbonyl (C=O) groups excluding carboxylic acids is 2. The molecule has 0 aliphatic heterocycles. The molecule has 5 nitrogen and oxygen atoms in total. The van der Waals surface area contributed by atoms with Crippen LogP contribution in [0.4, 0.5) is 0 Å². The predicted molar refractivity (Wildman–Crippen MR) is 110 cm³/mol. The van der Waals surface area contributed by atoms with Crippen molar-refractivity contribution < 1.29 is 19.1 Å². The van der Waals surface area contributed by atoms with E-state index in [1.165, 1.54) is 0 Å². The van der Waals surface area contributed by atoms with E-state index >= 15 is 0 Å². The van der Waals surface area contributed by atoms with Gasteiger partial charge in [0.15, 0.2) is 5.78 Å². The summed E-state index contributed by atoms with van der Waals surface area (Å²) in [5, 5.41) is 0. The smallest absolute Gasteiger partial charge is 0.308 e. The number of ketones is 1. The summed E-state index contributed by atoms with van der Waals surface area (Å²) in [5.41, 5.74) is 5.52. The second kappa shape index (κ2) is 11.8. The van der Waals surface area contributed by atoms with Crippen molar-refractivity contribution in [1.29, 1.82) is 0 Å². The molecule has 0 amide bonds. The van der Waals surface area contributed by atoms with Crippen LogP contribution in [0.2, 0.25) is 0 Å². The first kappa shape index (κ1) is 26.1. The van der Waals surface area contributed by atoms with Gasteiger partial charge >= 0.3 is 5.97 Å². The van der Waals surface area contributed by atoms with Crippen LogP contribution >= 0.6 is 0 Å². The van der Waals surface area contributed by atoms with Gasteiger partial charge in [0.2, 0.25) is 0 Å². The molecule has 0 bridgehead atoms. The lowest BCUT2D eigenvalue weighted by molar-refractivity contribution is -0.159. The van der Waals surface area contributed by atoms with E-state index < -0.39 is 11.6 Å². The van der Waals surface area contributed by atoms with Crippen LogP contribution in [0.3, 0.4) is 0 Å². The molecule has 0 saturated heterocycles. The van der Waals surface area contributed by atoms with Gasteiger partial charge in [0.25, 0.3) is 0 Å². The number of ether oxygens (including phenoxy) is 2. The lowest BCUT2D eigenvalue weighted by Crippen LogP contribution is -2.39. The van der Waals surface area contributed by atoms with E-state index in [4.69, 9.17) is 15.2 Å². The van der Waals surface area contributed by atoms with Crippen molar-refractivity contribution in [1.82, 2.24) is 0 Å². The quantitative estimate of drug-likeness (QED) is 0.505. The van der Waals surface area contributed by atoms with Gasteiger partial charge in [0.1, 0.15) is 5.60 Å². The van der Waals surface area contributed by atoms with Gasteiger partial charge in [-0.25, -0.2) is 0 Å². The van der Waals surface area contributed by atoms with Crippen LogP contribution in [0.1, 0.15) is 81.1 Å². The van der Waals surface area contributed by atoms with Crippen LogP contribution in [0, 0.1) is 23.7 Å². The largest absolute Gasteiger partial charge is 0.460 e. The zero-order chi connectivity index (χ0) is 21.4. The third kappa shape index (κ3) is 9.70. The molecule has 0 radical (unpaired) electrons. The molecule has 0 aromatic heterocycles. The number of Topliss-reactive ketones (excluding diaryl/α,β-unsaturated/α-hetero) is 1. The average Bonchev–Trinajstić information content (AvgIpc) is 2.56. The Morgan fingerprint density at radius 3 is 2.00 bits per heavy atom. The summed E-state index contributed by atoms with van der Waals surface area (Å²) in [4.78, 5) is 24.8. The Labute approximate surface area is 166 Å². The minimum absolute atomic E-state index is 0.0898. The van der Waals surface area contributed by atoms with Crippen LogP contribution < -0.4 is 5.73 Å². The summed E-state index contributed by atoms with van der Waals surface area (Å²) in [6.07, 6.45) is 2.59. The number of esters is 1. The molecule has 0 fully saturated rings. The minimum Gasteiger partial charge on any atom is -0.460 e. The summed E-state index contributed by atoms with van der Waals surface area (Å²) in [7, 11) is 1.65. The Morgan fingerprint density at radius 1 is 1.04 bits per heavy atom. The molecule has 0 rings (SSSR count). The van der Waals surface area contributed by atoms with Gasteiger partial charge in [-0.15, -0.1) is 0 Å². The van der Waals surface area contributed by atoms with E-state index in [1.807, 2.05) is 41.5 Å². The molecule has 5 atom stereocenters. The zero-order valence-electron chi connectivity index (χ0n) is 19.0. The third-order valence-electron chi connectivity index (χ3n) is 5.41. The lowest BCUT2D eigenvalue weighted by Gasteiger charge is -2.32. The Balaban J connectivity index is 5.03.